The molecule has 0 spiro atoms. The molecule has 222 valence electrons. The first kappa shape index (κ1) is 36.0. The third-order valence-corrected chi connectivity index (χ3v) is 6.42. The van der Waals surface area contributed by atoms with E-state index in [-0.39, 0.29) is 45.5 Å². The Balaban J connectivity index is 0.000000850. The van der Waals surface area contributed by atoms with Crippen LogP contribution in [0.15, 0.2) is 0 Å². The molecule has 0 bridgehead atoms. The highest BCUT2D eigenvalue weighted by atomic mass is 16.6. The molecule has 0 saturated heterocycles. The van der Waals surface area contributed by atoms with Gasteiger partial charge < -0.3 is 29.8 Å². The van der Waals surface area contributed by atoms with E-state index in [9.17, 15) is 14.4 Å². The zero-order valence-electron chi connectivity index (χ0n) is 22.8. The van der Waals surface area contributed by atoms with Gasteiger partial charge in [0.05, 0.1) is 59.5 Å². The Hall–Kier alpha value is -1.96. The van der Waals surface area contributed by atoms with Crippen molar-refractivity contribution in [3.8, 4) is 0 Å². The van der Waals surface area contributed by atoms with Crippen molar-refractivity contribution < 1.29 is 48.4 Å². The minimum absolute atomic E-state index is 0.0102. The van der Waals surface area contributed by atoms with Crippen LogP contribution in [0.1, 0.15) is 64.7 Å². The number of ether oxygens (including phenoxy) is 4. The molecule has 0 aromatic rings. The highest BCUT2D eigenvalue weighted by molar-refractivity contribution is 6.37. The van der Waals surface area contributed by atoms with Gasteiger partial charge in [0.2, 0.25) is 18.1 Å². The van der Waals surface area contributed by atoms with Gasteiger partial charge >= 0.3 is 0 Å². The largest absolute Gasteiger partial charge is 0.394 e. The SMILES string of the molecule is CC1C2CCCCCCC12.NC=O.O=C(CCC(=O)C(=O)CCOCCOCCOCCOCCO)NO. The monoisotopic (exact) mass is 548 g/mol. The van der Waals surface area contributed by atoms with Crippen molar-refractivity contribution in [1.82, 2.24) is 5.48 Å². The first-order chi connectivity index (χ1) is 18.4. The third kappa shape index (κ3) is 20.1. The summed E-state index contributed by atoms with van der Waals surface area (Å²) in [6, 6.07) is 0. The molecule has 2 saturated carbocycles. The van der Waals surface area contributed by atoms with E-state index in [0.717, 1.165) is 17.8 Å². The molecule has 12 heteroatoms. The van der Waals surface area contributed by atoms with E-state index in [1.807, 2.05) is 0 Å². The summed E-state index contributed by atoms with van der Waals surface area (Å²) in [6.45, 7) is 5.10. The van der Waals surface area contributed by atoms with E-state index in [0.29, 0.717) is 39.6 Å². The van der Waals surface area contributed by atoms with E-state index in [2.05, 4.69) is 12.7 Å². The van der Waals surface area contributed by atoms with Crippen LogP contribution < -0.4 is 11.2 Å². The number of hydrogen-bond acceptors (Lipinski definition) is 10. The van der Waals surface area contributed by atoms with Crippen LogP contribution in [0.4, 0.5) is 0 Å². The first-order valence-electron chi connectivity index (χ1n) is 13.5. The number of hydrogen-bond donors (Lipinski definition) is 4. The van der Waals surface area contributed by atoms with Gasteiger partial charge in [0.15, 0.2) is 5.78 Å². The number of hydroxylamine groups is 1. The molecule has 0 radical (unpaired) electrons. The number of carbonyl (C=O) groups excluding carboxylic acids is 4. The Morgan fingerprint density at radius 1 is 0.763 bits per heavy atom. The van der Waals surface area contributed by atoms with Gasteiger partial charge in [-0.25, -0.2) is 5.48 Å². The Kier molecular flexibility index (Phi) is 24.0. The zero-order chi connectivity index (χ0) is 28.4. The molecule has 2 unspecified atom stereocenters. The van der Waals surface area contributed by atoms with Crippen molar-refractivity contribution in [2.45, 2.75) is 64.7 Å². The van der Waals surface area contributed by atoms with Crippen LogP contribution in [0, 0.1) is 17.8 Å². The standard InChI is InChI=1S/C15H27NO9.C10H18.CH3NO/c17-4-6-23-8-10-25-12-11-24-9-7-22-5-3-14(19)13(18)1-2-15(20)16-21;1-8-9-6-4-2-3-5-7-10(8)9;2-1-3/h17,21H,1-12H2,(H,16,20);8-10H,2-7H2,1H3;1H,(H2,2,3). The van der Waals surface area contributed by atoms with Crippen LogP contribution >= 0.6 is 0 Å². The normalized spacial score (nSPS) is 19.7. The van der Waals surface area contributed by atoms with Crippen LogP contribution in [0.2, 0.25) is 0 Å². The molecular weight excluding hydrogens is 500 g/mol. The van der Waals surface area contributed by atoms with Crippen LogP contribution in [-0.2, 0) is 38.1 Å². The summed E-state index contributed by atoms with van der Waals surface area (Å²) in [4.78, 5) is 42.2. The molecule has 2 amide bonds. The molecule has 2 aliphatic carbocycles. The number of amides is 2. The lowest BCUT2D eigenvalue weighted by molar-refractivity contribution is -0.138. The van der Waals surface area contributed by atoms with Gasteiger partial charge in [-0.3, -0.25) is 24.4 Å². The Morgan fingerprint density at radius 3 is 1.63 bits per heavy atom. The minimum atomic E-state index is -0.712. The Morgan fingerprint density at radius 2 is 1.18 bits per heavy atom. The fourth-order valence-corrected chi connectivity index (χ4v) is 4.26. The fraction of sp³-hybridized carbons (Fsp3) is 0.846. The van der Waals surface area contributed by atoms with Crippen molar-refractivity contribution in [1.29, 1.82) is 0 Å². The van der Waals surface area contributed by atoms with Gasteiger partial charge in [-0.05, 0) is 30.6 Å². The van der Waals surface area contributed by atoms with Gasteiger partial charge in [0.25, 0.3) is 0 Å². The molecule has 2 atom stereocenters. The van der Waals surface area contributed by atoms with Crippen molar-refractivity contribution >= 4 is 23.9 Å². The van der Waals surface area contributed by atoms with E-state index in [1.165, 1.54) is 31.2 Å². The van der Waals surface area contributed by atoms with Crippen LogP contribution in [-0.4, -0.2) is 93.7 Å². The zero-order valence-corrected chi connectivity index (χ0v) is 22.8. The molecule has 0 aromatic carbocycles. The summed E-state index contributed by atoms with van der Waals surface area (Å²) in [6.07, 6.45) is 8.88. The average Bonchev–Trinajstić information content (AvgIpc) is 3.50. The Bertz CT molecular complexity index is 621. The molecule has 0 aliphatic heterocycles. The predicted octanol–water partition coefficient (Wildman–Crippen LogP) is 1.18. The van der Waals surface area contributed by atoms with Crippen LogP contribution in [0.3, 0.4) is 0 Å². The second-order valence-corrected chi connectivity index (χ2v) is 9.12. The maximum Gasteiger partial charge on any atom is 0.243 e. The van der Waals surface area contributed by atoms with Gasteiger partial charge in [0, 0.05) is 19.3 Å². The highest BCUT2D eigenvalue weighted by Crippen LogP contribution is 2.52. The van der Waals surface area contributed by atoms with Crippen molar-refractivity contribution in [3.63, 3.8) is 0 Å². The molecule has 2 fully saturated rings. The molecule has 12 nitrogen and oxygen atoms in total. The van der Waals surface area contributed by atoms with Crippen LogP contribution in [0.25, 0.3) is 0 Å². The smallest absolute Gasteiger partial charge is 0.243 e. The lowest BCUT2D eigenvalue weighted by atomic mass is 10.0. The van der Waals surface area contributed by atoms with E-state index >= 15 is 0 Å². The predicted molar refractivity (Wildman–Crippen MR) is 138 cm³/mol. The molecule has 0 aromatic heterocycles. The van der Waals surface area contributed by atoms with Gasteiger partial charge in [-0.2, -0.15) is 0 Å². The molecule has 38 heavy (non-hydrogen) atoms. The van der Waals surface area contributed by atoms with Gasteiger partial charge in [-0.15, -0.1) is 0 Å². The lowest BCUT2D eigenvalue weighted by Crippen LogP contribution is -2.22. The maximum atomic E-state index is 11.4. The van der Waals surface area contributed by atoms with E-state index in [4.69, 9.17) is 34.1 Å². The number of Topliss-reactive ketones (excluding diaryl/α,β-unsaturated/α-hetero) is 2. The summed E-state index contributed by atoms with van der Waals surface area (Å²) in [5.74, 6) is 1.42. The van der Waals surface area contributed by atoms with Gasteiger partial charge in [-0.1, -0.05) is 32.6 Å². The Labute approximate surface area is 225 Å². The quantitative estimate of drug-likeness (QED) is 0.0637. The number of nitrogens with one attached hydrogen (secondary N) is 1. The number of aliphatic hydroxyl groups excluding tert-OH is 1. The number of rotatable bonds is 18. The number of nitrogens with two attached hydrogens (primary N) is 1. The average molecular weight is 549 g/mol. The fourth-order valence-electron chi connectivity index (χ4n) is 4.26. The number of ketones is 2. The van der Waals surface area contributed by atoms with E-state index in [1.54, 1.807) is 12.8 Å². The summed E-state index contributed by atoms with van der Waals surface area (Å²) < 4.78 is 20.6. The maximum absolute atomic E-state index is 11.4. The number of aliphatic hydroxyl groups is 1. The lowest BCUT2D eigenvalue weighted by Gasteiger charge is -2.07. The molecule has 2 aliphatic rings. The molecule has 0 heterocycles. The molecule has 5 N–H and O–H groups in total. The second kappa shape index (κ2) is 25.3. The van der Waals surface area contributed by atoms with Gasteiger partial charge in [0.1, 0.15) is 0 Å². The first-order valence-corrected chi connectivity index (χ1v) is 13.5. The summed E-state index contributed by atoms with van der Waals surface area (Å²) >= 11 is 0. The van der Waals surface area contributed by atoms with Crippen molar-refractivity contribution in [3.05, 3.63) is 0 Å². The topological polar surface area (TPSA) is 184 Å². The van der Waals surface area contributed by atoms with Crippen molar-refractivity contribution in [2.75, 3.05) is 59.5 Å². The number of primary amides is 1. The van der Waals surface area contributed by atoms with Crippen LogP contribution in [0.5, 0.6) is 0 Å². The highest BCUT2D eigenvalue weighted by Gasteiger charge is 2.45. The molecular formula is C26H48N2O10. The molecule has 2 rings (SSSR count). The second-order valence-electron chi connectivity index (χ2n) is 9.12. The minimum Gasteiger partial charge on any atom is -0.394 e. The van der Waals surface area contributed by atoms with Crippen molar-refractivity contribution in [2.24, 2.45) is 23.5 Å². The summed E-state index contributed by atoms with van der Waals surface area (Å²) in [5, 5.41) is 16.8. The summed E-state index contributed by atoms with van der Waals surface area (Å²) in [7, 11) is 0. The van der Waals surface area contributed by atoms with E-state index < -0.39 is 17.5 Å². The number of carbonyl (C=O) groups is 4. The third-order valence-electron chi connectivity index (χ3n) is 6.42. The summed E-state index contributed by atoms with van der Waals surface area (Å²) in [5.41, 5.74) is 5.56. The number of fused-ring (bicyclic) bond motifs is 1.